The normalized spacial score (nSPS) is 15.0. The Morgan fingerprint density at radius 3 is 2.66 bits per heavy atom. The summed E-state index contributed by atoms with van der Waals surface area (Å²) in [6, 6.07) is 11.6. The van der Waals surface area contributed by atoms with Crippen molar-refractivity contribution in [2.24, 2.45) is 13.0 Å². The molecule has 182 valence electrons. The fourth-order valence-electron chi connectivity index (χ4n) is 4.79. The Bertz CT molecular complexity index is 1390. The van der Waals surface area contributed by atoms with Gasteiger partial charge < -0.3 is 24.7 Å². The van der Waals surface area contributed by atoms with E-state index in [0.29, 0.717) is 22.9 Å². The first-order valence-electron chi connectivity index (χ1n) is 12.2. The molecule has 3 N–H and O–H groups in total. The van der Waals surface area contributed by atoms with Crippen LogP contribution in [-0.4, -0.2) is 32.7 Å². The van der Waals surface area contributed by atoms with E-state index in [-0.39, 0.29) is 5.56 Å². The van der Waals surface area contributed by atoms with Gasteiger partial charge in [0, 0.05) is 41.6 Å². The van der Waals surface area contributed by atoms with Gasteiger partial charge in [0.2, 0.25) is 0 Å². The zero-order valence-corrected chi connectivity index (χ0v) is 20.5. The van der Waals surface area contributed by atoms with Crippen molar-refractivity contribution in [2.45, 2.75) is 38.7 Å². The van der Waals surface area contributed by atoms with E-state index >= 15 is 0 Å². The summed E-state index contributed by atoms with van der Waals surface area (Å²) >= 11 is 0. The van der Waals surface area contributed by atoms with Gasteiger partial charge in [-0.15, -0.1) is 0 Å². The fraction of sp³-hybridized carbons (Fsp3) is 0.357. The molecule has 3 aromatic heterocycles. The molecular weight excluding hydrogens is 440 g/mol. The minimum atomic E-state index is -1.02. The second-order valence-electron chi connectivity index (χ2n) is 9.98. The number of hydrogen-bond acceptors (Lipinski definition) is 5. The highest BCUT2D eigenvalue weighted by molar-refractivity contribution is 5.96. The number of hydrogen-bond donors (Lipinski definition) is 3. The molecule has 0 bridgehead atoms. The first-order valence-corrected chi connectivity index (χ1v) is 12.2. The summed E-state index contributed by atoms with van der Waals surface area (Å²) in [5.41, 5.74) is 2.89. The van der Waals surface area contributed by atoms with Crippen molar-refractivity contribution in [1.82, 2.24) is 19.9 Å². The fourth-order valence-corrected chi connectivity index (χ4v) is 4.79. The molecule has 1 saturated heterocycles. The zero-order chi connectivity index (χ0) is 24.6. The van der Waals surface area contributed by atoms with Crippen molar-refractivity contribution in [2.75, 3.05) is 13.1 Å². The third-order valence-corrected chi connectivity index (χ3v) is 6.85. The smallest absolute Gasteiger partial charge is 0.274 e. The van der Waals surface area contributed by atoms with Crippen LogP contribution in [0.4, 0.5) is 0 Å². The van der Waals surface area contributed by atoms with E-state index < -0.39 is 5.60 Å². The highest BCUT2D eigenvalue weighted by Crippen LogP contribution is 2.39. The Morgan fingerprint density at radius 1 is 1.14 bits per heavy atom. The lowest BCUT2D eigenvalue weighted by Gasteiger charge is -2.22. The lowest BCUT2D eigenvalue weighted by atomic mass is 9.93. The van der Waals surface area contributed by atoms with E-state index in [1.54, 1.807) is 37.9 Å². The lowest BCUT2D eigenvalue weighted by molar-refractivity contribution is 0.0786. The third kappa shape index (κ3) is 4.88. The number of nitrogens with one attached hydrogen (secondary N) is 2. The number of piperidine rings is 1. The minimum Gasteiger partial charge on any atom is -0.455 e. The van der Waals surface area contributed by atoms with Gasteiger partial charge in [-0.3, -0.25) is 9.78 Å². The number of aliphatic hydroxyl groups is 1. The number of rotatable bonds is 6. The number of H-pyrrole nitrogens is 1. The minimum absolute atomic E-state index is 0.0941. The molecule has 0 amide bonds. The number of aromatic nitrogens is 3. The summed E-state index contributed by atoms with van der Waals surface area (Å²) in [7, 11) is 1.73. The zero-order valence-electron chi connectivity index (χ0n) is 20.5. The topological polar surface area (TPSA) is 92.2 Å². The Kier molecular flexibility index (Phi) is 6.21. The van der Waals surface area contributed by atoms with Gasteiger partial charge in [0.15, 0.2) is 0 Å². The summed E-state index contributed by atoms with van der Waals surface area (Å²) in [6.07, 6.45) is 8.71. The molecule has 1 aliphatic heterocycles. The van der Waals surface area contributed by atoms with E-state index in [0.717, 1.165) is 47.3 Å². The van der Waals surface area contributed by atoms with Crippen LogP contribution in [0.15, 0.2) is 59.8 Å². The summed E-state index contributed by atoms with van der Waals surface area (Å²) in [5, 5.41) is 14.9. The third-order valence-electron chi connectivity index (χ3n) is 6.85. The van der Waals surface area contributed by atoms with Gasteiger partial charge in [0.1, 0.15) is 17.0 Å². The summed E-state index contributed by atoms with van der Waals surface area (Å²) in [5.74, 6) is 1.95. The van der Waals surface area contributed by atoms with Crippen LogP contribution in [0.5, 0.6) is 11.5 Å². The van der Waals surface area contributed by atoms with Crippen LogP contribution >= 0.6 is 0 Å². The average Bonchev–Trinajstić information content (AvgIpc) is 3.33. The monoisotopic (exact) mass is 472 g/mol. The molecule has 0 unspecified atom stereocenters. The van der Waals surface area contributed by atoms with Crippen LogP contribution in [-0.2, 0) is 19.1 Å². The van der Waals surface area contributed by atoms with Gasteiger partial charge in [-0.25, -0.2) is 0 Å². The summed E-state index contributed by atoms with van der Waals surface area (Å²) < 4.78 is 7.88. The maximum atomic E-state index is 12.6. The molecule has 0 radical (unpaired) electrons. The van der Waals surface area contributed by atoms with E-state index in [9.17, 15) is 9.90 Å². The molecule has 5 rings (SSSR count). The van der Waals surface area contributed by atoms with Crippen LogP contribution in [0, 0.1) is 5.92 Å². The van der Waals surface area contributed by atoms with E-state index in [4.69, 9.17) is 4.74 Å². The van der Waals surface area contributed by atoms with Crippen LogP contribution in [0.2, 0.25) is 0 Å². The quantitative estimate of drug-likeness (QED) is 0.385. The van der Waals surface area contributed by atoms with Crippen molar-refractivity contribution < 1.29 is 9.84 Å². The molecule has 7 nitrogen and oxygen atoms in total. The second kappa shape index (κ2) is 9.32. The first kappa shape index (κ1) is 23.3. The van der Waals surface area contributed by atoms with Crippen molar-refractivity contribution in [3.05, 3.63) is 76.6 Å². The van der Waals surface area contributed by atoms with E-state index in [1.165, 1.54) is 12.8 Å². The predicted octanol–water partition coefficient (Wildman–Crippen LogP) is 4.49. The maximum Gasteiger partial charge on any atom is 0.274 e. The highest BCUT2D eigenvalue weighted by atomic mass is 16.5. The highest BCUT2D eigenvalue weighted by Gasteiger charge is 2.21. The van der Waals surface area contributed by atoms with Gasteiger partial charge in [0.25, 0.3) is 5.56 Å². The number of ether oxygens (including phenoxy) is 1. The van der Waals surface area contributed by atoms with E-state index in [2.05, 4.69) is 15.3 Å². The van der Waals surface area contributed by atoms with Crippen molar-refractivity contribution in [3.63, 3.8) is 0 Å². The summed E-state index contributed by atoms with van der Waals surface area (Å²) in [4.78, 5) is 20.3. The summed E-state index contributed by atoms with van der Waals surface area (Å²) in [6.45, 7) is 5.66. The molecule has 0 saturated carbocycles. The van der Waals surface area contributed by atoms with Gasteiger partial charge >= 0.3 is 0 Å². The molecule has 4 aromatic rings. The second-order valence-corrected chi connectivity index (χ2v) is 9.98. The molecule has 0 spiro atoms. The molecule has 0 atom stereocenters. The van der Waals surface area contributed by atoms with Crippen LogP contribution in [0.25, 0.3) is 22.0 Å². The van der Waals surface area contributed by atoms with Crippen molar-refractivity contribution in [3.8, 4) is 22.6 Å². The first-order chi connectivity index (χ1) is 16.8. The SMILES string of the molecule is Cn1cc(-c2cc(C(C)(C)O)ccc2Oc2ccc(CC3CCNCC3)nc2)c2cc[nH]c2c1=O. The number of aryl methyl sites for hydroxylation is 1. The number of nitrogens with zero attached hydrogens (tertiary/aromatic N) is 2. The molecule has 1 fully saturated rings. The molecular formula is C28H32N4O3. The largest absolute Gasteiger partial charge is 0.455 e. The van der Waals surface area contributed by atoms with Crippen LogP contribution < -0.4 is 15.6 Å². The van der Waals surface area contributed by atoms with Gasteiger partial charge in [-0.1, -0.05) is 6.07 Å². The van der Waals surface area contributed by atoms with E-state index in [1.807, 2.05) is 42.6 Å². The Labute approximate surface area is 204 Å². The number of pyridine rings is 2. The lowest BCUT2D eigenvalue weighted by Crippen LogP contribution is -2.28. The molecule has 4 heterocycles. The van der Waals surface area contributed by atoms with Crippen LogP contribution in [0.3, 0.4) is 0 Å². The Hall–Kier alpha value is -3.42. The molecule has 35 heavy (non-hydrogen) atoms. The molecule has 7 heteroatoms. The van der Waals surface area contributed by atoms with Gasteiger partial charge in [-0.05, 0) is 88.0 Å². The number of fused-ring (bicyclic) bond motifs is 1. The maximum absolute atomic E-state index is 12.6. The molecule has 0 aliphatic carbocycles. The van der Waals surface area contributed by atoms with Gasteiger partial charge in [-0.2, -0.15) is 0 Å². The van der Waals surface area contributed by atoms with Crippen molar-refractivity contribution in [1.29, 1.82) is 0 Å². The predicted molar refractivity (Wildman–Crippen MR) is 138 cm³/mol. The average molecular weight is 473 g/mol. The Balaban J connectivity index is 1.51. The van der Waals surface area contributed by atoms with Crippen molar-refractivity contribution >= 4 is 10.9 Å². The standard InChI is InChI=1S/C28H32N4O3/c1-28(2,34)19-4-7-25(23(15-19)24-17-32(3)27(33)26-22(24)10-13-30-26)35-21-6-5-20(31-16-21)14-18-8-11-29-12-9-18/h4-7,10,13,15-18,29-30,34H,8-9,11-12,14H2,1-3H3. The van der Waals surface area contributed by atoms with Gasteiger partial charge in [0.05, 0.1) is 11.8 Å². The number of benzene rings is 1. The molecule has 1 aliphatic rings. The molecule has 1 aromatic carbocycles. The number of aromatic amines is 1. The Morgan fingerprint density at radius 2 is 1.94 bits per heavy atom. The van der Waals surface area contributed by atoms with Crippen LogP contribution in [0.1, 0.15) is 37.9 Å².